The summed E-state index contributed by atoms with van der Waals surface area (Å²) in [6, 6.07) is 0. The molecule has 0 aromatic rings. The highest BCUT2D eigenvalue weighted by molar-refractivity contribution is 6.15. The molecule has 4 saturated carbocycles. The van der Waals surface area contributed by atoms with Crippen molar-refractivity contribution < 1.29 is 19.8 Å². The first-order chi connectivity index (χ1) is 8.24. The Morgan fingerprint density at radius 3 is 2.44 bits per heavy atom. The lowest BCUT2D eigenvalue weighted by atomic mass is 9.39. The van der Waals surface area contributed by atoms with Crippen molar-refractivity contribution in [2.24, 2.45) is 29.1 Å². The van der Waals surface area contributed by atoms with E-state index in [1.54, 1.807) is 6.92 Å². The first kappa shape index (κ1) is 12.3. The van der Waals surface area contributed by atoms with Crippen LogP contribution in [0.2, 0.25) is 0 Å². The number of rotatable bonds is 0. The Labute approximate surface area is 106 Å². The van der Waals surface area contributed by atoms with Crippen LogP contribution in [0.15, 0.2) is 0 Å². The summed E-state index contributed by atoms with van der Waals surface area (Å²) in [5.74, 6) is -1.34. The predicted octanol–water partition coefficient (Wildman–Crippen LogP) is 0.548. The van der Waals surface area contributed by atoms with Crippen molar-refractivity contribution in [2.75, 3.05) is 0 Å². The van der Waals surface area contributed by atoms with Crippen molar-refractivity contribution in [3.05, 3.63) is 0 Å². The van der Waals surface area contributed by atoms with Crippen LogP contribution in [0, 0.1) is 29.1 Å². The van der Waals surface area contributed by atoms with Crippen molar-refractivity contribution in [1.82, 2.24) is 0 Å². The number of Topliss-reactive ketones (excluding diaryl/α,β-unsaturated/α-hetero) is 2. The summed E-state index contributed by atoms with van der Waals surface area (Å²) in [6.45, 7) is 5.12. The van der Waals surface area contributed by atoms with Gasteiger partial charge in [0.15, 0.2) is 11.6 Å². The van der Waals surface area contributed by atoms with E-state index in [2.05, 4.69) is 0 Å². The van der Waals surface area contributed by atoms with E-state index in [1.165, 1.54) is 6.92 Å². The highest BCUT2D eigenvalue weighted by Crippen LogP contribution is 2.62. The van der Waals surface area contributed by atoms with Gasteiger partial charge in [0, 0.05) is 5.92 Å². The van der Waals surface area contributed by atoms with E-state index in [1.807, 2.05) is 6.92 Å². The molecule has 0 aromatic carbocycles. The van der Waals surface area contributed by atoms with Crippen LogP contribution in [0.25, 0.3) is 0 Å². The molecule has 4 aliphatic carbocycles. The van der Waals surface area contributed by atoms with Gasteiger partial charge in [0.05, 0.1) is 17.4 Å². The number of aliphatic hydroxyl groups is 2. The summed E-state index contributed by atoms with van der Waals surface area (Å²) < 4.78 is 0. The first-order valence-electron chi connectivity index (χ1n) is 6.73. The molecule has 0 aromatic heterocycles. The molecule has 3 unspecified atom stereocenters. The summed E-state index contributed by atoms with van der Waals surface area (Å²) >= 11 is 0. The number of aliphatic hydroxyl groups excluding tert-OH is 1. The average molecular weight is 252 g/mol. The molecule has 0 spiro atoms. The third-order valence-electron chi connectivity index (χ3n) is 6.01. The predicted molar refractivity (Wildman–Crippen MR) is 63.6 cm³/mol. The smallest absolute Gasteiger partial charge is 0.177 e. The summed E-state index contributed by atoms with van der Waals surface area (Å²) in [6.07, 6.45) is 0.683. The lowest BCUT2D eigenvalue weighted by molar-refractivity contribution is -0.216. The molecule has 4 rings (SSSR count). The van der Waals surface area contributed by atoms with Gasteiger partial charge in [-0.25, -0.2) is 0 Å². The second-order valence-corrected chi connectivity index (χ2v) is 6.69. The largest absolute Gasteiger partial charge is 0.392 e. The summed E-state index contributed by atoms with van der Waals surface area (Å²) in [4.78, 5) is 25.0. The van der Waals surface area contributed by atoms with Crippen LogP contribution in [-0.4, -0.2) is 33.5 Å². The molecule has 4 bridgehead atoms. The third-order valence-corrected chi connectivity index (χ3v) is 6.01. The van der Waals surface area contributed by atoms with Crippen molar-refractivity contribution in [3.63, 3.8) is 0 Å². The van der Waals surface area contributed by atoms with Crippen LogP contribution in [0.5, 0.6) is 0 Å². The molecule has 0 amide bonds. The number of hydrogen-bond donors (Lipinski definition) is 2. The minimum atomic E-state index is -1.47. The Morgan fingerprint density at radius 2 is 1.83 bits per heavy atom. The van der Waals surface area contributed by atoms with Crippen LogP contribution < -0.4 is 0 Å². The Balaban J connectivity index is 2.22. The van der Waals surface area contributed by atoms with Gasteiger partial charge in [-0.15, -0.1) is 0 Å². The van der Waals surface area contributed by atoms with Gasteiger partial charge in [-0.3, -0.25) is 9.59 Å². The second-order valence-electron chi connectivity index (χ2n) is 6.69. The zero-order chi connectivity index (χ0) is 13.5. The molecule has 100 valence electrons. The van der Waals surface area contributed by atoms with Crippen LogP contribution in [0.4, 0.5) is 0 Å². The summed E-state index contributed by atoms with van der Waals surface area (Å²) in [5, 5.41) is 20.6. The van der Waals surface area contributed by atoms with Gasteiger partial charge >= 0.3 is 0 Å². The Bertz CT molecular complexity index is 441. The lowest BCUT2D eigenvalue weighted by Crippen LogP contribution is -2.75. The minimum absolute atomic E-state index is 0.0357. The number of hydrogen-bond acceptors (Lipinski definition) is 4. The molecule has 0 saturated heterocycles. The highest BCUT2D eigenvalue weighted by Gasteiger charge is 2.73. The number of carbonyl (C=O) groups is 2. The van der Waals surface area contributed by atoms with Crippen molar-refractivity contribution >= 4 is 11.6 Å². The molecule has 2 N–H and O–H groups in total. The maximum atomic E-state index is 12.5. The molecule has 7 atom stereocenters. The third kappa shape index (κ3) is 1.05. The van der Waals surface area contributed by atoms with E-state index in [0.29, 0.717) is 6.42 Å². The van der Waals surface area contributed by atoms with Gasteiger partial charge in [0.25, 0.3) is 0 Å². The van der Waals surface area contributed by atoms with Crippen molar-refractivity contribution in [1.29, 1.82) is 0 Å². The number of fused-ring (bicyclic) bond motifs is 1. The molecular weight excluding hydrogens is 232 g/mol. The van der Waals surface area contributed by atoms with Gasteiger partial charge < -0.3 is 10.2 Å². The second kappa shape index (κ2) is 3.23. The molecule has 4 aliphatic rings. The Morgan fingerprint density at radius 1 is 1.22 bits per heavy atom. The maximum Gasteiger partial charge on any atom is 0.177 e. The molecule has 4 fully saturated rings. The molecule has 0 heterocycles. The van der Waals surface area contributed by atoms with Crippen LogP contribution in [0.3, 0.4) is 0 Å². The van der Waals surface area contributed by atoms with Gasteiger partial charge in [-0.05, 0) is 38.5 Å². The molecule has 4 heteroatoms. The monoisotopic (exact) mass is 252 g/mol. The van der Waals surface area contributed by atoms with Crippen LogP contribution in [-0.2, 0) is 9.59 Å². The van der Waals surface area contributed by atoms with Crippen LogP contribution >= 0.6 is 0 Å². The van der Waals surface area contributed by atoms with Gasteiger partial charge in [0.1, 0.15) is 5.60 Å². The minimum Gasteiger partial charge on any atom is -0.392 e. The van der Waals surface area contributed by atoms with Crippen LogP contribution in [0.1, 0.15) is 33.6 Å². The molecule has 4 nitrogen and oxygen atoms in total. The molecule has 0 aliphatic heterocycles. The fourth-order valence-corrected chi connectivity index (χ4v) is 4.89. The van der Waals surface area contributed by atoms with Crippen molar-refractivity contribution in [3.8, 4) is 0 Å². The van der Waals surface area contributed by atoms with E-state index in [4.69, 9.17) is 0 Å². The average Bonchev–Trinajstić information content (AvgIpc) is 2.31. The summed E-state index contributed by atoms with van der Waals surface area (Å²) in [7, 11) is 0. The topological polar surface area (TPSA) is 74.6 Å². The maximum absolute atomic E-state index is 12.5. The quantitative estimate of drug-likeness (QED) is 0.617. The van der Waals surface area contributed by atoms with E-state index >= 15 is 0 Å². The number of carbonyl (C=O) groups excluding carboxylic acids is 2. The lowest BCUT2D eigenvalue weighted by Gasteiger charge is -2.63. The number of ketones is 2. The normalized spacial score (nSPS) is 59.1. The van der Waals surface area contributed by atoms with Gasteiger partial charge in [-0.1, -0.05) is 6.92 Å². The molecular formula is C14H20O4. The van der Waals surface area contributed by atoms with Gasteiger partial charge in [-0.2, -0.15) is 0 Å². The standard InChI is InChI=1S/C14H20O4/c1-6-7-4-5-8(15)9-10(7)14(3,18)12(17)13(6,2)11(9)16/h6-10,15,18H,4-5H2,1-3H3/t6-,7?,8+,9?,10?,13+,14-/m0/s1. The van der Waals surface area contributed by atoms with Gasteiger partial charge in [0.2, 0.25) is 0 Å². The molecule has 18 heavy (non-hydrogen) atoms. The Kier molecular flexibility index (Phi) is 2.20. The van der Waals surface area contributed by atoms with E-state index in [9.17, 15) is 19.8 Å². The van der Waals surface area contributed by atoms with E-state index in [0.717, 1.165) is 6.42 Å². The molecule has 0 radical (unpaired) electrons. The zero-order valence-corrected chi connectivity index (χ0v) is 11.0. The zero-order valence-electron chi connectivity index (χ0n) is 11.0. The SMILES string of the molecule is C[C@H]1C2CC[C@@H](O)C3C(=O)[C@]1(C)C(=O)[C@@](C)(O)C32. The Hall–Kier alpha value is -0.740. The van der Waals surface area contributed by atoms with E-state index < -0.39 is 29.0 Å². The highest BCUT2D eigenvalue weighted by atomic mass is 16.3. The first-order valence-corrected chi connectivity index (χ1v) is 6.73. The summed E-state index contributed by atoms with van der Waals surface area (Å²) in [5.41, 5.74) is -2.58. The fourth-order valence-electron chi connectivity index (χ4n) is 4.89. The fraction of sp³-hybridized carbons (Fsp3) is 0.857. The van der Waals surface area contributed by atoms with Crippen molar-refractivity contribution in [2.45, 2.75) is 45.3 Å². The van der Waals surface area contributed by atoms with E-state index in [-0.39, 0.29) is 23.4 Å².